The van der Waals surface area contributed by atoms with Crippen LogP contribution in [-0.4, -0.2) is 45.4 Å². The molecule has 3 rings (SSSR count). The fourth-order valence-electron chi connectivity index (χ4n) is 3.70. The van der Waals surface area contributed by atoms with E-state index >= 15 is 0 Å². The van der Waals surface area contributed by atoms with Crippen molar-refractivity contribution in [2.45, 2.75) is 19.9 Å². The van der Waals surface area contributed by atoms with Crippen LogP contribution in [0.1, 0.15) is 31.0 Å². The van der Waals surface area contributed by atoms with Crippen molar-refractivity contribution in [1.29, 1.82) is 0 Å². The van der Waals surface area contributed by atoms with Gasteiger partial charge in [-0.1, -0.05) is 60.7 Å². The number of nitro groups is 1. The Balaban J connectivity index is 2.29. The second kappa shape index (κ2) is 11.0. The van der Waals surface area contributed by atoms with Crippen molar-refractivity contribution in [2.75, 3.05) is 28.2 Å². The highest BCUT2D eigenvalue weighted by Crippen LogP contribution is 2.40. The molecule has 0 aliphatic rings. The summed E-state index contributed by atoms with van der Waals surface area (Å²) in [5, 5.41) is 34.7. The molecular weight excluding hydrogens is 454 g/mol. The average molecular weight is 479 g/mol. The smallest absolute Gasteiger partial charge is 0.413 e. The van der Waals surface area contributed by atoms with E-state index in [9.17, 15) is 29.9 Å². The maximum absolute atomic E-state index is 12.2. The van der Waals surface area contributed by atoms with Gasteiger partial charge in [-0.3, -0.25) is 19.9 Å². The van der Waals surface area contributed by atoms with Crippen molar-refractivity contribution in [3.8, 4) is 0 Å². The molecule has 0 aliphatic heterocycles. The van der Waals surface area contributed by atoms with E-state index in [4.69, 9.17) is 0 Å². The third-order valence-corrected chi connectivity index (χ3v) is 5.34. The summed E-state index contributed by atoms with van der Waals surface area (Å²) in [4.78, 5) is 40.9. The zero-order valence-corrected chi connectivity index (χ0v) is 19.2. The van der Waals surface area contributed by atoms with Crippen LogP contribution >= 0.6 is 0 Å². The second-order valence-electron chi connectivity index (χ2n) is 7.41. The number of rotatable bonds is 9. The fourth-order valence-corrected chi connectivity index (χ4v) is 3.70. The van der Waals surface area contributed by atoms with Gasteiger partial charge in [0.25, 0.3) is 0 Å². The van der Waals surface area contributed by atoms with Crippen LogP contribution in [0.4, 0.5) is 32.6 Å². The summed E-state index contributed by atoms with van der Waals surface area (Å²) in [7, 11) is 0. The lowest BCUT2D eigenvalue weighted by Gasteiger charge is -2.25. The van der Waals surface area contributed by atoms with Gasteiger partial charge in [0.05, 0.1) is 11.0 Å². The number of carbonyl (C=O) groups is 2. The number of anilines is 3. The molecule has 3 aromatic rings. The van der Waals surface area contributed by atoms with E-state index in [1.165, 1.54) is 13.0 Å². The number of hydrogen-bond acceptors (Lipinski definition) is 6. The van der Waals surface area contributed by atoms with Crippen molar-refractivity contribution in [1.82, 2.24) is 4.98 Å². The van der Waals surface area contributed by atoms with Gasteiger partial charge < -0.3 is 15.5 Å². The number of pyridine rings is 1. The maximum atomic E-state index is 12.2. The quantitative estimate of drug-likeness (QED) is 0.280. The van der Waals surface area contributed by atoms with Crippen molar-refractivity contribution < 1.29 is 24.7 Å². The summed E-state index contributed by atoms with van der Waals surface area (Å²) in [5.74, 6) is -0.604. The summed E-state index contributed by atoms with van der Waals surface area (Å²) < 4.78 is 0. The first kappa shape index (κ1) is 25.0. The van der Waals surface area contributed by atoms with Crippen molar-refractivity contribution in [2.24, 2.45) is 0 Å². The molecule has 182 valence electrons. The Kier molecular flexibility index (Phi) is 7.82. The van der Waals surface area contributed by atoms with Gasteiger partial charge in [-0.05, 0) is 25.0 Å². The Morgan fingerprint density at radius 1 is 0.943 bits per heavy atom. The predicted octanol–water partition coefficient (Wildman–Crippen LogP) is 5.20. The van der Waals surface area contributed by atoms with Crippen LogP contribution in [0.2, 0.25) is 0 Å². The summed E-state index contributed by atoms with van der Waals surface area (Å²) in [5.41, 5.74) is 0.955. The molecule has 2 amide bonds. The zero-order chi connectivity index (χ0) is 25.5. The molecule has 2 aromatic carbocycles. The van der Waals surface area contributed by atoms with Gasteiger partial charge in [-0.2, -0.15) is 0 Å². The lowest BCUT2D eigenvalue weighted by molar-refractivity contribution is -0.383. The molecule has 1 heterocycles. The topological polar surface area (TPSA) is 149 Å². The van der Waals surface area contributed by atoms with E-state index in [-0.39, 0.29) is 24.6 Å². The van der Waals surface area contributed by atoms with Crippen LogP contribution < -0.4 is 15.1 Å². The fraction of sp³-hybridized carbons (Fsp3) is 0.208. The molecule has 0 spiro atoms. The standard InChI is InChI=1S/C24H25N5O6/c1-3-27(23(30)31)19-15-18(21(29(34)35)22(26-19)28(4-2)24(32)33)25-20(16-11-7-5-8-12-16)17-13-9-6-10-14-17/h5-15,20H,3-4H2,1-2H3,(H,25,26)(H,30,31)(H,32,33). The SMILES string of the molecule is CCN(C(=O)O)c1cc(NC(c2ccccc2)c2ccccc2)c([N+](=O)[O-])c(N(CC)C(=O)O)n1. The Bertz CT molecular complexity index is 1170. The first-order valence-electron chi connectivity index (χ1n) is 10.8. The normalized spacial score (nSPS) is 10.6. The maximum Gasteiger partial charge on any atom is 0.413 e. The van der Waals surface area contributed by atoms with Gasteiger partial charge in [-0.25, -0.2) is 14.6 Å². The second-order valence-corrected chi connectivity index (χ2v) is 7.41. The van der Waals surface area contributed by atoms with Crippen LogP contribution in [0.3, 0.4) is 0 Å². The van der Waals surface area contributed by atoms with Crippen molar-refractivity contribution >= 4 is 35.2 Å². The van der Waals surface area contributed by atoms with E-state index in [0.29, 0.717) is 4.90 Å². The molecule has 35 heavy (non-hydrogen) atoms. The molecule has 0 saturated carbocycles. The minimum absolute atomic E-state index is 0.000972. The van der Waals surface area contributed by atoms with Crippen LogP contribution in [0.5, 0.6) is 0 Å². The van der Waals surface area contributed by atoms with Gasteiger partial charge in [0.2, 0.25) is 5.82 Å². The van der Waals surface area contributed by atoms with Crippen LogP contribution in [0.25, 0.3) is 0 Å². The highest BCUT2D eigenvalue weighted by atomic mass is 16.6. The third kappa shape index (κ3) is 5.46. The van der Waals surface area contributed by atoms with Gasteiger partial charge in [0, 0.05) is 19.2 Å². The molecule has 11 heteroatoms. The summed E-state index contributed by atoms with van der Waals surface area (Å²) in [6.45, 7) is 2.95. The molecule has 3 N–H and O–H groups in total. The molecule has 0 saturated heterocycles. The number of hydrogen-bond donors (Lipinski definition) is 3. The molecule has 11 nitrogen and oxygen atoms in total. The van der Waals surface area contributed by atoms with E-state index in [1.807, 2.05) is 60.7 Å². The minimum Gasteiger partial charge on any atom is -0.465 e. The molecular formula is C24H25N5O6. The van der Waals surface area contributed by atoms with Crippen molar-refractivity contribution in [3.63, 3.8) is 0 Å². The van der Waals surface area contributed by atoms with E-state index in [1.54, 1.807) is 6.92 Å². The third-order valence-electron chi connectivity index (χ3n) is 5.34. The predicted molar refractivity (Wildman–Crippen MR) is 131 cm³/mol. The van der Waals surface area contributed by atoms with Gasteiger partial charge in [-0.15, -0.1) is 0 Å². The molecule has 0 bridgehead atoms. The van der Waals surface area contributed by atoms with Crippen LogP contribution in [0, 0.1) is 10.1 Å². The monoisotopic (exact) mass is 479 g/mol. The first-order valence-corrected chi connectivity index (χ1v) is 10.8. The Morgan fingerprint density at radius 3 is 1.83 bits per heavy atom. The number of nitrogens with one attached hydrogen (secondary N) is 1. The van der Waals surface area contributed by atoms with E-state index in [0.717, 1.165) is 16.0 Å². The summed E-state index contributed by atoms with van der Waals surface area (Å²) in [6.07, 6.45) is -2.78. The van der Waals surface area contributed by atoms with Crippen LogP contribution in [-0.2, 0) is 0 Å². The average Bonchev–Trinajstić information content (AvgIpc) is 2.83. The minimum atomic E-state index is -1.45. The number of amides is 2. The largest absolute Gasteiger partial charge is 0.465 e. The number of nitrogens with zero attached hydrogens (tertiary/aromatic N) is 4. The summed E-state index contributed by atoms with van der Waals surface area (Å²) >= 11 is 0. The zero-order valence-electron chi connectivity index (χ0n) is 19.2. The Hall–Kier alpha value is -4.67. The molecule has 0 fully saturated rings. The number of carboxylic acid groups (broad SMARTS) is 2. The van der Waals surface area contributed by atoms with Crippen molar-refractivity contribution in [3.05, 3.63) is 88.0 Å². The molecule has 0 aliphatic carbocycles. The first-order chi connectivity index (χ1) is 16.8. The van der Waals surface area contributed by atoms with Gasteiger partial charge in [0.1, 0.15) is 11.5 Å². The molecule has 0 atom stereocenters. The Morgan fingerprint density at radius 2 is 1.43 bits per heavy atom. The lowest BCUT2D eigenvalue weighted by Crippen LogP contribution is -2.33. The van der Waals surface area contributed by atoms with Crippen LogP contribution in [0.15, 0.2) is 66.7 Å². The molecule has 0 radical (unpaired) electrons. The highest BCUT2D eigenvalue weighted by molar-refractivity contribution is 5.93. The summed E-state index contributed by atoms with van der Waals surface area (Å²) in [6, 6.07) is 19.1. The van der Waals surface area contributed by atoms with Gasteiger partial charge in [0.15, 0.2) is 0 Å². The number of benzene rings is 2. The van der Waals surface area contributed by atoms with E-state index < -0.39 is 34.7 Å². The Labute approximate surface area is 201 Å². The van der Waals surface area contributed by atoms with Gasteiger partial charge >= 0.3 is 17.9 Å². The highest BCUT2D eigenvalue weighted by Gasteiger charge is 2.33. The number of aromatic nitrogens is 1. The molecule has 1 aromatic heterocycles. The van der Waals surface area contributed by atoms with E-state index in [2.05, 4.69) is 10.3 Å². The molecule has 0 unspecified atom stereocenters. The lowest BCUT2D eigenvalue weighted by atomic mass is 9.98.